The van der Waals surface area contributed by atoms with E-state index in [1.807, 2.05) is 0 Å². The number of sulfone groups is 1. The maximum Gasteiger partial charge on any atom is 0.154 e. The third-order valence-corrected chi connectivity index (χ3v) is 5.19. The molecule has 18 heavy (non-hydrogen) atoms. The van der Waals surface area contributed by atoms with E-state index in [-0.39, 0.29) is 5.75 Å². The SMILES string of the molecule is NCc1cc(CS(=O)(=O)CC2CCCC2)ccn1. The van der Waals surface area contributed by atoms with Crippen LogP contribution in [-0.4, -0.2) is 19.2 Å². The van der Waals surface area contributed by atoms with Crippen LogP contribution in [0.3, 0.4) is 0 Å². The third-order valence-electron chi connectivity index (χ3n) is 3.44. The van der Waals surface area contributed by atoms with E-state index >= 15 is 0 Å². The van der Waals surface area contributed by atoms with Gasteiger partial charge in [0, 0.05) is 12.7 Å². The number of pyridine rings is 1. The molecule has 1 heterocycles. The highest BCUT2D eigenvalue weighted by Crippen LogP contribution is 2.26. The summed E-state index contributed by atoms with van der Waals surface area (Å²) in [6.07, 6.45) is 6.09. The lowest BCUT2D eigenvalue weighted by Gasteiger charge is -2.10. The van der Waals surface area contributed by atoms with Crippen LogP contribution in [-0.2, 0) is 22.1 Å². The summed E-state index contributed by atoms with van der Waals surface area (Å²) in [7, 11) is -3.01. The van der Waals surface area contributed by atoms with Gasteiger partial charge in [-0.1, -0.05) is 12.8 Å². The van der Waals surface area contributed by atoms with Crippen molar-refractivity contribution in [3.63, 3.8) is 0 Å². The van der Waals surface area contributed by atoms with Gasteiger partial charge in [0.2, 0.25) is 0 Å². The van der Waals surface area contributed by atoms with Crippen molar-refractivity contribution in [3.8, 4) is 0 Å². The zero-order chi connectivity index (χ0) is 13.0. The van der Waals surface area contributed by atoms with Gasteiger partial charge in [-0.3, -0.25) is 4.98 Å². The molecule has 1 aliphatic rings. The number of rotatable bonds is 5. The largest absolute Gasteiger partial charge is 0.325 e. The average molecular weight is 268 g/mol. The summed E-state index contributed by atoms with van der Waals surface area (Å²) in [6.45, 7) is 0.344. The summed E-state index contributed by atoms with van der Waals surface area (Å²) >= 11 is 0. The summed E-state index contributed by atoms with van der Waals surface area (Å²) in [5.74, 6) is 0.803. The van der Waals surface area contributed by atoms with Crippen molar-refractivity contribution in [2.45, 2.75) is 38.0 Å². The predicted octanol–water partition coefficient (Wildman–Crippen LogP) is 1.65. The smallest absolute Gasteiger partial charge is 0.154 e. The van der Waals surface area contributed by atoms with Crippen molar-refractivity contribution in [2.75, 3.05) is 5.75 Å². The Morgan fingerprint density at radius 3 is 2.72 bits per heavy atom. The minimum Gasteiger partial charge on any atom is -0.325 e. The summed E-state index contributed by atoms with van der Waals surface area (Å²) < 4.78 is 24.2. The van der Waals surface area contributed by atoms with Gasteiger partial charge in [-0.05, 0) is 36.5 Å². The van der Waals surface area contributed by atoms with Crippen LogP contribution in [0.15, 0.2) is 18.3 Å². The van der Waals surface area contributed by atoms with Crippen LogP contribution < -0.4 is 5.73 Å². The number of nitrogens with two attached hydrogens (primary N) is 1. The molecule has 5 heteroatoms. The molecule has 2 rings (SSSR count). The normalized spacial score (nSPS) is 17.2. The lowest BCUT2D eigenvalue weighted by molar-refractivity contribution is 0.558. The highest BCUT2D eigenvalue weighted by atomic mass is 32.2. The van der Waals surface area contributed by atoms with Gasteiger partial charge in [-0.25, -0.2) is 8.42 Å². The molecule has 1 aromatic heterocycles. The van der Waals surface area contributed by atoms with Crippen LogP contribution >= 0.6 is 0 Å². The molecule has 0 atom stereocenters. The fraction of sp³-hybridized carbons (Fsp3) is 0.615. The highest BCUT2D eigenvalue weighted by Gasteiger charge is 2.22. The number of hydrogen-bond donors (Lipinski definition) is 1. The minimum absolute atomic E-state index is 0.110. The Bertz CT molecular complexity index is 493. The molecule has 0 bridgehead atoms. The monoisotopic (exact) mass is 268 g/mol. The fourth-order valence-corrected chi connectivity index (χ4v) is 4.44. The minimum atomic E-state index is -3.01. The van der Waals surface area contributed by atoms with Gasteiger partial charge >= 0.3 is 0 Å². The van der Waals surface area contributed by atoms with E-state index in [1.165, 1.54) is 12.8 Å². The zero-order valence-corrected chi connectivity index (χ0v) is 11.3. The van der Waals surface area contributed by atoms with Crippen LogP contribution in [0.25, 0.3) is 0 Å². The fourth-order valence-electron chi connectivity index (χ4n) is 2.58. The van der Waals surface area contributed by atoms with Crippen LogP contribution in [0.5, 0.6) is 0 Å². The van der Waals surface area contributed by atoms with Gasteiger partial charge in [0.1, 0.15) is 0 Å². The second kappa shape index (κ2) is 5.80. The van der Waals surface area contributed by atoms with Gasteiger partial charge in [-0.2, -0.15) is 0 Å². The third kappa shape index (κ3) is 3.78. The van der Waals surface area contributed by atoms with Crippen molar-refractivity contribution >= 4 is 9.84 Å². The molecule has 2 N–H and O–H groups in total. The van der Waals surface area contributed by atoms with Crippen LogP contribution in [0, 0.1) is 5.92 Å². The molecule has 0 aliphatic heterocycles. The molecule has 1 saturated carbocycles. The molecule has 0 radical (unpaired) electrons. The predicted molar refractivity (Wildman–Crippen MR) is 71.6 cm³/mol. The van der Waals surface area contributed by atoms with Gasteiger partial charge < -0.3 is 5.73 Å². The first-order chi connectivity index (χ1) is 8.59. The maximum atomic E-state index is 12.1. The van der Waals surface area contributed by atoms with Crippen molar-refractivity contribution < 1.29 is 8.42 Å². The van der Waals surface area contributed by atoms with Gasteiger partial charge in [0.05, 0.1) is 17.2 Å². The Labute approximate surface area is 109 Å². The summed E-state index contributed by atoms with van der Waals surface area (Å²) in [5.41, 5.74) is 7.04. The molecule has 100 valence electrons. The van der Waals surface area contributed by atoms with E-state index in [2.05, 4.69) is 4.98 Å². The zero-order valence-electron chi connectivity index (χ0n) is 10.5. The highest BCUT2D eigenvalue weighted by molar-refractivity contribution is 7.90. The first-order valence-electron chi connectivity index (χ1n) is 6.43. The molecule has 1 fully saturated rings. The molecule has 1 aromatic rings. The summed E-state index contributed by atoms with van der Waals surface area (Å²) in [4.78, 5) is 4.07. The average Bonchev–Trinajstić information content (AvgIpc) is 2.80. The molecule has 0 unspecified atom stereocenters. The second-order valence-electron chi connectivity index (χ2n) is 5.06. The second-order valence-corrected chi connectivity index (χ2v) is 7.17. The van der Waals surface area contributed by atoms with Crippen LogP contribution in [0.4, 0.5) is 0 Å². The Morgan fingerprint density at radius 2 is 2.06 bits per heavy atom. The lowest BCUT2D eigenvalue weighted by atomic mass is 10.1. The van der Waals surface area contributed by atoms with Crippen molar-refractivity contribution in [3.05, 3.63) is 29.6 Å². The van der Waals surface area contributed by atoms with Crippen LogP contribution in [0.2, 0.25) is 0 Å². The van der Waals surface area contributed by atoms with Gasteiger partial charge in [0.15, 0.2) is 9.84 Å². The number of aromatic nitrogens is 1. The van der Waals surface area contributed by atoms with Crippen molar-refractivity contribution in [1.29, 1.82) is 0 Å². The molecular formula is C13H20N2O2S. The molecular weight excluding hydrogens is 248 g/mol. The summed E-state index contributed by atoms with van der Waals surface area (Å²) in [6, 6.07) is 3.54. The van der Waals surface area contributed by atoms with Crippen molar-refractivity contribution in [2.24, 2.45) is 11.7 Å². The van der Waals surface area contributed by atoms with Gasteiger partial charge in [-0.15, -0.1) is 0 Å². The molecule has 0 amide bonds. The van der Waals surface area contributed by atoms with E-state index < -0.39 is 9.84 Å². The summed E-state index contributed by atoms with van der Waals surface area (Å²) in [5, 5.41) is 0. The topological polar surface area (TPSA) is 73.1 Å². The van der Waals surface area contributed by atoms with E-state index in [0.717, 1.165) is 24.1 Å². The van der Waals surface area contributed by atoms with E-state index in [9.17, 15) is 8.42 Å². The Morgan fingerprint density at radius 1 is 1.33 bits per heavy atom. The molecule has 0 saturated heterocycles. The Hall–Kier alpha value is -0.940. The molecule has 4 nitrogen and oxygen atoms in total. The van der Waals surface area contributed by atoms with Crippen LogP contribution in [0.1, 0.15) is 36.9 Å². The molecule has 0 spiro atoms. The standard InChI is InChI=1S/C13H20N2O2S/c14-8-13-7-12(5-6-15-13)10-18(16,17)9-11-3-1-2-4-11/h5-7,11H,1-4,8-10,14H2. The Kier molecular flexibility index (Phi) is 4.35. The molecule has 0 aromatic carbocycles. The lowest BCUT2D eigenvalue weighted by Crippen LogP contribution is -2.16. The number of nitrogens with zero attached hydrogens (tertiary/aromatic N) is 1. The first kappa shape index (κ1) is 13.5. The Balaban J connectivity index is 2.02. The van der Waals surface area contributed by atoms with E-state index in [0.29, 0.717) is 18.2 Å². The van der Waals surface area contributed by atoms with Gasteiger partial charge in [0.25, 0.3) is 0 Å². The van der Waals surface area contributed by atoms with E-state index in [1.54, 1.807) is 18.3 Å². The van der Waals surface area contributed by atoms with Crippen molar-refractivity contribution in [1.82, 2.24) is 4.98 Å². The molecule has 1 aliphatic carbocycles. The van der Waals surface area contributed by atoms with E-state index in [4.69, 9.17) is 5.73 Å². The number of hydrogen-bond acceptors (Lipinski definition) is 4. The maximum absolute atomic E-state index is 12.1. The quantitative estimate of drug-likeness (QED) is 0.881. The first-order valence-corrected chi connectivity index (χ1v) is 8.25.